The van der Waals surface area contributed by atoms with Crippen molar-refractivity contribution < 1.29 is 32.3 Å². The predicted octanol–water partition coefficient (Wildman–Crippen LogP) is 5.96. The van der Waals surface area contributed by atoms with Crippen LogP contribution in [-0.2, 0) is 22.2 Å². The third-order valence-electron chi connectivity index (χ3n) is 8.00. The number of aryl methyl sites for hydroxylation is 2. The number of nitrogens with zero attached hydrogens (tertiary/aromatic N) is 4. The van der Waals surface area contributed by atoms with Crippen LogP contribution in [0, 0.1) is 25.6 Å². The number of carbonyl (C=O) groups is 2. The number of nitrogens with one attached hydrogen (secondary N) is 1. The number of hydrogen-bond donors (Lipinski definition) is 2. The Morgan fingerprint density at radius 1 is 1.06 bits per heavy atom. The van der Waals surface area contributed by atoms with Gasteiger partial charge in [0.1, 0.15) is 17.5 Å². The largest absolute Gasteiger partial charge is 0.481 e. The van der Waals surface area contributed by atoms with E-state index >= 15 is 0 Å². The zero-order chi connectivity index (χ0) is 34.8. The number of rotatable bonds is 12. The Bertz CT molecular complexity index is 1820. The fourth-order valence-electron chi connectivity index (χ4n) is 5.90. The van der Waals surface area contributed by atoms with E-state index in [9.17, 15) is 37.1 Å². The van der Waals surface area contributed by atoms with E-state index < -0.39 is 53.5 Å². The number of aromatic nitrogens is 3. The minimum atomic E-state index is -4.77. The van der Waals surface area contributed by atoms with Gasteiger partial charge < -0.3 is 24.3 Å². The van der Waals surface area contributed by atoms with Crippen molar-refractivity contribution in [2.24, 2.45) is 5.92 Å². The highest BCUT2D eigenvalue weighted by atomic mass is 19.4. The molecule has 0 saturated heterocycles. The molecule has 3 heterocycles. The van der Waals surface area contributed by atoms with Gasteiger partial charge in [-0.3, -0.25) is 14.4 Å². The molecule has 9 nitrogen and oxygen atoms in total. The van der Waals surface area contributed by atoms with Crippen LogP contribution in [0.1, 0.15) is 66.6 Å². The molecule has 0 radical (unpaired) electrons. The second kappa shape index (κ2) is 14.1. The zero-order valence-electron chi connectivity index (χ0n) is 27.2. The zero-order valence-corrected chi connectivity index (χ0v) is 27.2. The number of carboxylic acid groups (broad SMARTS) is 1. The lowest BCUT2D eigenvalue weighted by molar-refractivity contribution is -0.139. The van der Waals surface area contributed by atoms with Gasteiger partial charge in [-0.2, -0.15) is 13.2 Å². The normalized spacial score (nSPS) is 13.4. The van der Waals surface area contributed by atoms with E-state index in [1.165, 1.54) is 12.1 Å². The lowest BCUT2D eigenvalue weighted by Gasteiger charge is -2.26. The Hall–Kier alpha value is -4.52. The highest BCUT2D eigenvalue weighted by molar-refractivity contribution is 5.84. The van der Waals surface area contributed by atoms with Crippen LogP contribution in [0.3, 0.4) is 0 Å². The number of carbonyl (C=O) groups excluding carboxylic acids is 1. The maximum atomic E-state index is 14.2. The van der Waals surface area contributed by atoms with E-state index in [2.05, 4.69) is 10.3 Å². The van der Waals surface area contributed by atoms with Gasteiger partial charge in [0.05, 0.1) is 18.0 Å². The monoisotopic (exact) mass is 657 g/mol. The number of alkyl halides is 3. The van der Waals surface area contributed by atoms with Gasteiger partial charge in [0, 0.05) is 43.0 Å². The van der Waals surface area contributed by atoms with Gasteiger partial charge in [0.25, 0.3) is 5.56 Å². The van der Waals surface area contributed by atoms with Gasteiger partial charge in [-0.1, -0.05) is 13.8 Å². The summed E-state index contributed by atoms with van der Waals surface area (Å²) in [5.41, 5.74) is 1.31. The van der Waals surface area contributed by atoms with E-state index in [4.69, 9.17) is 0 Å². The number of aliphatic carboxylic acids is 1. The van der Waals surface area contributed by atoms with E-state index in [-0.39, 0.29) is 30.9 Å². The molecular weight excluding hydrogens is 618 g/mol. The number of imidazole rings is 1. The Labute approximate surface area is 269 Å². The third-order valence-corrected chi connectivity index (χ3v) is 8.00. The number of benzene rings is 1. The van der Waals surface area contributed by atoms with Crippen LogP contribution in [0.25, 0.3) is 16.8 Å². The van der Waals surface area contributed by atoms with E-state index in [0.29, 0.717) is 39.5 Å². The lowest BCUT2D eigenvalue weighted by Crippen LogP contribution is -2.40. The molecule has 0 aliphatic rings. The summed E-state index contributed by atoms with van der Waals surface area (Å²) in [7, 11) is 3.43. The summed E-state index contributed by atoms with van der Waals surface area (Å²) >= 11 is 0. The summed E-state index contributed by atoms with van der Waals surface area (Å²) in [6, 6.07) is 2.67. The fraction of sp³-hybridized carbons (Fsp3) is 0.412. The van der Waals surface area contributed by atoms with Crippen LogP contribution in [0.15, 0.2) is 53.8 Å². The first-order valence-electron chi connectivity index (χ1n) is 15.2. The molecule has 0 spiro atoms. The molecule has 0 saturated carbocycles. The molecule has 0 aliphatic heterocycles. The van der Waals surface area contributed by atoms with Gasteiger partial charge in [-0.05, 0) is 92.7 Å². The number of amides is 1. The SMILES string of the molecule is Cc1cc(F)cc(C)c1-c1cc([C@@H](CC(=O)O)NC(=O)[C@@H](CC(C)C)n2cc(CCN(C)C)c(C(F)(F)F)cc2=O)cn2ccnc12. The minimum Gasteiger partial charge on any atom is -0.481 e. The first-order chi connectivity index (χ1) is 22.0. The molecule has 2 atom stereocenters. The van der Waals surface area contributed by atoms with Gasteiger partial charge in [-0.25, -0.2) is 9.37 Å². The summed E-state index contributed by atoms with van der Waals surface area (Å²) in [4.78, 5) is 45.4. The van der Waals surface area contributed by atoms with Crippen molar-refractivity contribution in [3.63, 3.8) is 0 Å². The second-order valence-corrected chi connectivity index (χ2v) is 12.6. The van der Waals surface area contributed by atoms with Gasteiger partial charge in [0.15, 0.2) is 0 Å². The Kier molecular flexibility index (Phi) is 10.6. The molecule has 47 heavy (non-hydrogen) atoms. The van der Waals surface area contributed by atoms with Crippen LogP contribution >= 0.6 is 0 Å². The topological polar surface area (TPSA) is 109 Å². The van der Waals surface area contributed by atoms with Crippen LogP contribution in [0.4, 0.5) is 17.6 Å². The third kappa shape index (κ3) is 8.26. The number of pyridine rings is 2. The van der Waals surface area contributed by atoms with Crippen LogP contribution < -0.4 is 10.9 Å². The summed E-state index contributed by atoms with van der Waals surface area (Å²) in [5, 5.41) is 12.6. The number of halogens is 4. The number of carboxylic acids is 1. The molecule has 2 N–H and O–H groups in total. The predicted molar refractivity (Wildman–Crippen MR) is 170 cm³/mol. The van der Waals surface area contributed by atoms with Crippen molar-refractivity contribution in [3.05, 3.63) is 93.0 Å². The summed E-state index contributed by atoms with van der Waals surface area (Å²) in [5.74, 6) is -2.49. The number of fused-ring (bicyclic) bond motifs is 1. The van der Waals surface area contributed by atoms with Crippen LogP contribution in [-0.4, -0.2) is 56.5 Å². The minimum absolute atomic E-state index is 0.0182. The molecule has 0 bridgehead atoms. The molecule has 3 aromatic heterocycles. The second-order valence-electron chi connectivity index (χ2n) is 12.6. The van der Waals surface area contributed by atoms with Crippen molar-refractivity contribution in [3.8, 4) is 11.1 Å². The van der Waals surface area contributed by atoms with Crippen molar-refractivity contribution in [1.29, 1.82) is 0 Å². The molecular formula is C34H39F4N5O4. The van der Waals surface area contributed by atoms with E-state index in [1.54, 1.807) is 61.9 Å². The summed E-state index contributed by atoms with van der Waals surface area (Å²) in [6.45, 7) is 7.39. The van der Waals surface area contributed by atoms with Gasteiger partial charge in [0.2, 0.25) is 5.91 Å². The molecule has 13 heteroatoms. The molecule has 1 aromatic carbocycles. The molecule has 0 unspecified atom stereocenters. The molecule has 0 aliphatic carbocycles. The van der Waals surface area contributed by atoms with Gasteiger partial charge in [-0.15, -0.1) is 0 Å². The summed E-state index contributed by atoms with van der Waals surface area (Å²) in [6.07, 6.45) is 0.738. The molecule has 252 valence electrons. The standard InChI is InChI=1S/C34H39F4N5O4/c1-19(2)11-28(43-18-22(7-9-41(5)6)26(15-29(43)44)34(36,37)38)33(47)40-27(16-30(45)46)23-14-25(32-39-8-10-42(32)17-23)31-20(3)12-24(35)13-21(31)4/h8,10,12-15,17-19,27-28H,7,9,11,16H2,1-6H3,(H,40,47)(H,45,46)/t27-,28-/m1/s1. The molecule has 0 fully saturated rings. The van der Waals surface area contributed by atoms with Crippen molar-refractivity contribution in [1.82, 2.24) is 24.2 Å². The maximum absolute atomic E-state index is 14.2. The quantitative estimate of drug-likeness (QED) is 0.182. The average Bonchev–Trinajstić information content (AvgIpc) is 3.42. The number of hydrogen-bond acceptors (Lipinski definition) is 5. The smallest absolute Gasteiger partial charge is 0.416 e. The first kappa shape index (κ1) is 35.3. The van der Waals surface area contributed by atoms with E-state index in [0.717, 1.165) is 10.8 Å². The van der Waals surface area contributed by atoms with E-state index in [1.807, 2.05) is 13.8 Å². The van der Waals surface area contributed by atoms with Crippen LogP contribution in [0.2, 0.25) is 0 Å². The molecule has 4 aromatic rings. The van der Waals surface area contributed by atoms with Crippen molar-refractivity contribution in [2.75, 3.05) is 20.6 Å². The Balaban J connectivity index is 1.82. The number of likely N-dealkylation sites (N-methyl/N-ethyl adjacent to an activating group) is 1. The lowest BCUT2D eigenvalue weighted by atomic mass is 9.93. The first-order valence-corrected chi connectivity index (χ1v) is 15.2. The van der Waals surface area contributed by atoms with Crippen molar-refractivity contribution in [2.45, 2.75) is 65.2 Å². The Morgan fingerprint density at radius 3 is 2.30 bits per heavy atom. The highest BCUT2D eigenvalue weighted by Crippen LogP contribution is 2.35. The Morgan fingerprint density at radius 2 is 1.72 bits per heavy atom. The fourth-order valence-corrected chi connectivity index (χ4v) is 5.90. The maximum Gasteiger partial charge on any atom is 0.416 e. The van der Waals surface area contributed by atoms with Crippen LogP contribution in [0.5, 0.6) is 0 Å². The summed E-state index contributed by atoms with van der Waals surface area (Å²) < 4.78 is 58.6. The van der Waals surface area contributed by atoms with Crippen molar-refractivity contribution >= 4 is 17.5 Å². The average molecular weight is 658 g/mol. The highest BCUT2D eigenvalue weighted by Gasteiger charge is 2.36. The molecule has 1 amide bonds. The molecule has 4 rings (SSSR count). The van der Waals surface area contributed by atoms with Gasteiger partial charge >= 0.3 is 12.1 Å².